The zero-order valence-corrected chi connectivity index (χ0v) is 12.4. The first-order valence-electron chi connectivity index (χ1n) is 7.55. The van der Waals surface area contributed by atoms with Gasteiger partial charge in [0.2, 0.25) is 0 Å². The number of nitrogens with zero attached hydrogens (tertiary/aromatic N) is 1. The Morgan fingerprint density at radius 3 is 2.67 bits per heavy atom. The van der Waals surface area contributed by atoms with Crippen LogP contribution in [0.5, 0.6) is 0 Å². The molecule has 0 aliphatic carbocycles. The highest BCUT2D eigenvalue weighted by molar-refractivity contribution is 5.16. The molecule has 1 aromatic heterocycles. The summed E-state index contributed by atoms with van der Waals surface area (Å²) >= 11 is 0. The Balaban J connectivity index is 1.82. The summed E-state index contributed by atoms with van der Waals surface area (Å²) in [6.45, 7) is 5.36. The summed E-state index contributed by atoms with van der Waals surface area (Å²) in [7, 11) is 0. The monoisotopic (exact) mass is 304 g/mol. The molecular formula is C15H23F3N2O. The molecule has 2 rings (SSSR count). The van der Waals surface area contributed by atoms with E-state index in [0.717, 1.165) is 30.8 Å². The number of nitrogens with one attached hydrogen (secondary N) is 1. The Labute approximate surface area is 123 Å². The molecule has 0 atom stereocenters. The van der Waals surface area contributed by atoms with Crippen molar-refractivity contribution in [3.05, 3.63) is 23.7 Å². The molecule has 21 heavy (non-hydrogen) atoms. The van der Waals surface area contributed by atoms with Gasteiger partial charge in [-0.1, -0.05) is 6.92 Å². The van der Waals surface area contributed by atoms with Crippen LogP contribution in [0.3, 0.4) is 0 Å². The third-order valence-corrected chi connectivity index (χ3v) is 4.00. The SMILES string of the molecule is CCCNCc1ccoc1CN1CCC(C(F)(F)F)CC1. The minimum Gasteiger partial charge on any atom is -0.468 e. The average Bonchev–Trinajstić information content (AvgIpc) is 2.86. The Morgan fingerprint density at radius 2 is 2.05 bits per heavy atom. The number of rotatable bonds is 6. The summed E-state index contributed by atoms with van der Waals surface area (Å²) in [5.41, 5.74) is 1.10. The normalized spacial score (nSPS) is 18.3. The minimum atomic E-state index is -4.05. The molecule has 0 aromatic carbocycles. The van der Waals surface area contributed by atoms with E-state index < -0.39 is 12.1 Å². The van der Waals surface area contributed by atoms with E-state index in [1.54, 1.807) is 6.26 Å². The molecule has 6 heteroatoms. The molecule has 1 fully saturated rings. The highest BCUT2D eigenvalue weighted by Gasteiger charge is 2.41. The molecule has 1 aromatic rings. The first kappa shape index (κ1) is 16.4. The molecule has 1 aliphatic heterocycles. The van der Waals surface area contributed by atoms with Crippen LogP contribution in [0, 0.1) is 5.92 Å². The minimum absolute atomic E-state index is 0.188. The van der Waals surface area contributed by atoms with Gasteiger partial charge < -0.3 is 9.73 Å². The molecule has 0 spiro atoms. The first-order valence-corrected chi connectivity index (χ1v) is 7.55. The number of piperidine rings is 1. The lowest BCUT2D eigenvalue weighted by molar-refractivity contribution is -0.185. The van der Waals surface area contributed by atoms with Gasteiger partial charge in [-0.2, -0.15) is 13.2 Å². The van der Waals surface area contributed by atoms with Crippen molar-refractivity contribution in [1.29, 1.82) is 0 Å². The van der Waals surface area contributed by atoms with Gasteiger partial charge in [-0.25, -0.2) is 0 Å². The Bertz CT molecular complexity index is 423. The van der Waals surface area contributed by atoms with Crippen molar-refractivity contribution in [2.75, 3.05) is 19.6 Å². The average molecular weight is 304 g/mol. The number of likely N-dealkylation sites (tertiary alicyclic amines) is 1. The summed E-state index contributed by atoms with van der Waals surface area (Å²) < 4.78 is 43.4. The third kappa shape index (κ3) is 4.74. The van der Waals surface area contributed by atoms with Gasteiger partial charge >= 0.3 is 6.18 Å². The van der Waals surface area contributed by atoms with Crippen LogP contribution >= 0.6 is 0 Å². The van der Waals surface area contributed by atoms with Crippen LogP contribution < -0.4 is 5.32 Å². The molecular weight excluding hydrogens is 281 g/mol. The maximum atomic E-state index is 12.6. The van der Waals surface area contributed by atoms with E-state index in [1.165, 1.54) is 0 Å². The van der Waals surface area contributed by atoms with Gasteiger partial charge in [0.1, 0.15) is 5.76 Å². The van der Waals surface area contributed by atoms with Crippen LogP contribution in [0.1, 0.15) is 37.5 Å². The molecule has 3 nitrogen and oxygen atoms in total. The Morgan fingerprint density at radius 1 is 1.33 bits per heavy atom. The second-order valence-electron chi connectivity index (χ2n) is 5.64. The zero-order valence-electron chi connectivity index (χ0n) is 12.4. The predicted octanol–water partition coefficient (Wildman–Crippen LogP) is 3.55. The van der Waals surface area contributed by atoms with Crippen LogP contribution in [-0.4, -0.2) is 30.7 Å². The van der Waals surface area contributed by atoms with Crippen LogP contribution in [0.4, 0.5) is 13.2 Å². The molecule has 1 saturated heterocycles. The topological polar surface area (TPSA) is 28.4 Å². The molecule has 0 saturated carbocycles. The largest absolute Gasteiger partial charge is 0.468 e. The summed E-state index contributed by atoms with van der Waals surface area (Å²) in [5.74, 6) is -0.278. The molecule has 120 valence electrons. The van der Waals surface area contributed by atoms with Gasteiger partial charge in [0.15, 0.2) is 0 Å². The van der Waals surface area contributed by atoms with Gasteiger partial charge in [-0.3, -0.25) is 4.90 Å². The van der Waals surface area contributed by atoms with Gasteiger partial charge in [-0.15, -0.1) is 0 Å². The van der Waals surface area contributed by atoms with Crippen molar-refractivity contribution in [3.63, 3.8) is 0 Å². The van der Waals surface area contributed by atoms with E-state index in [0.29, 0.717) is 19.6 Å². The lowest BCUT2D eigenvalue weighted by atomic mass is 9.96. The number of hydrogen-bond acceptors (Lipinski definition) is 3. The fourth-order valence-electron chi connectivity index (χ4n) is 2.68. The van der Waals surface area contributed by atoms with E-state index in [-0.39, 0.29) is 12.8 Å². The fourth-order valence-corrected chi connectivity index (χ4v) is 2.68. The maximum Gasteiger partial charge on any atom is 0.391 e. The van der Waals surface area contributed by atoms with E-state index >= 15 is 0 Å². The number of hydrogen-bond donors (Lipinski definition) is 1. The second kappa shape index (κ2) is 7.31. The molecule has 0 bridgehead atoms. The smallest absolute Gasteiger partial charge is 0.391 e. The number of furan rings is 1. The van der Waals surface area contributed by atoms with E-state index in [9.17, 15) is 13.2 Å². The van der Waals surface area contributed by atoms with Crippen molar-refractivity contribution >= 4 is 0 Å². The van der Waals surface area contributed by atoms with Gasteiger partial charge in [0.25, 0.3) is 0 Å². The maximum absolute atomic E-state index is 12.6. The quantitative estimate of drug-likeness (QED) is 0.815. The lowest BCUT2D eigenvalue weighted by Crippen LogP contribution is -2.38. The summed E-state index contributed by atoms with van der Waals surface area (Å²) in [6.07, 6.45) is -0.952. The second-order valence-corrected chi connectivity index (χ2v) is 5.64. The van der Waals surface area contributed by atoms with Crippen molar-refractivity contribution in [1.82, 2.24) is 10.2 Å². The Hall–Kier alpha value is -1.01. The summed E-state index contributed by atoms with van der Waals surface area (Å²) in [6, 6.07) is 1.93. The predicted molar refractivity (Wildman–Crippen MR) is 74.8 cm³/mol. The Kier molecular flexibility index (Phi) is 5.70. The van der Waals surface area contributed by atoms with Crippen LogP contribution in [-0.2, 0) is 13.1 Å². The first-order chi connectivity index (χ1) is 10.0. The highest BCUT2D eigenvalue weighted by Crippen LogP contribution is 2.34. The van der Waals surface area contributed by atoms with Gasteiger partial charge in [-0.05, 0) is 45.0 Å². The van der Waals surface area contributed by atoms with E-state index in [2.05, 4.69) is 12.2 Å². The van der Waals surface area contributed by atoms with Crippen molar-refractivity contribution in [2.24, 2.45) is 5.92 Å². The summed E-state index contributed by atoms with van der Waals surface area (Å²) in [4.78, 5) is 2.05. The van der Waals surface area contributed by atoms with E-state index in [4.69, 9.17) is 4.42 Å². The molecule has 1 aliphatic rings. The van der Waals surface area contributed by atoms with E-state index in [1.807, 2.05) is 11.0 Å². The standard InChI is InChI=1S/C15H23F3N2O/c1-2-6-19-10-12-5-9-21-14(12)11-20-7-3-13(4-8-20)15(16,17)18/h5,9,13,19H,2-4,6-8,10-11H2,1H3. The molecule has 2 heterocycles. The van der Waals surface area contributed by atoms with Crippen molar-refractivity contribution in [3.8, 4) is 0 Å². The fraction of sp³-hybridized carbons (Fsp3) is 0.733. The van der Waals surface area contributed by atoms with Crippen LogP contribution in [0.15, 0.2) is 16.7 Å². The molecule has 0 radical (unpaired) electrons. The van der Waals surface area contributed by atoms with Crippen molar-refractivity contribution < 1.29 is 17.6 Å². The van der Waals surface area contributed by atoms with Gasteiger partial charge in [0.05, 0.1) is 18.7 Å². The third-order valence-electron chi connectivity index (χ3n) is 4.00. The molecule has 1 N–H and O–H groups in total. The van der Waals surface area contributed by atoms with Crippen LogP contribution in [0.25, 0.3) is 0 Å². The van der Waals surface area contributed by atoms with Crippen molar-refractivity contribution in [2.45, 2.75) is 45.5 Å². The zero-order chi connectivity index (χ0) is 15.3. The summed E-state index contributed by atoms with van der Waals surface area (Å²) in [5, 5.41) is 3.31. The molecule has 0 amide bonds. The number of halogens is 3. The molecule has 0 unspecified atom stereocenters. The van der Waals surface area contributed by atoms with Gasteiger partial charge in [0, 0.05) is 12.1 Å². The number of alkyl halides is 3. The van der Waals surface area contributed by atoms with Crippen LogP contribution in [0.2, 0.25) is 0 Å². The highest BCUT2D eigenvalue weighted by atomic mass is 19.4. The lowest BCUT2D eigenvalue weighted by Gasteiger charge is -2.32.